The third-order valence-corrected chi connectivity index (χ3v) is 2.59. The largest absolute Gasteiger partial charge is 0.470 e. The average Bonchev–Trinajstić information content (AvgIpc) is 2.72. The quantitative estimate of drug-likeness (QED) is 0.277. The molecule has 0 spiro atoms. The number of nitrogens with two attached hydrogens (primary N) is 1. The van der Waals surface area contributed by atoms with E-state index in [1.807, 2.05) is 0 Å². The normalized spacial score (nSPS) is 23.3. The van der Waals surface area contributed by atoms with Crippen molar-refractivity contribution in [3.05, 3.63) is 5.69 Å². The molecule has 1 fully saturated rings. The first-order valence-electron chi connectivity index (χ1n) is 5.34. The van der Waals surface area contributed by atoms with Crippen molar-refractivity contribution in [3.8, 4) is 5.88 Å². The van der Waals surface area contributed by atoms with Crippen LogP contribution in [0.15, 0.2) is 9.78 Å². The molecule has 1 aliphatic carbocycles. The molecule has 1 aliphatic rings. The van der Waals surface area contributed by atoms with Gasteiger partial charge in [0.1, 0.15) is 6.10 Å². The minimum atomic E-state index is -0.232. The molecule has 0 unspecified atom stereocenters. The van der Waals surface area contributed by atoms with Crippen LogP contribution in [0.3, 0.4) is 0 Å². The van der Waals surface area contributed by atoms with E-state index in [-0.39, 0.29) is 35.5 Å². The van der Waals surface area contributed by atoms with Crippen LogP contribution in [0.25, 0.3) is 0 Å². The van der Waals surface area contributed by atoms with Crippen LogP contribution in [-0.4, -0.2) is 39.4 Å². The van der Waals surface area contributed by atoms with E-state index in [1.54, 1.807) is 0 Å². The number of carbonyl (C=O) groups is 1. The van der Waals surface area contributed by atoms with E-state index in [4.69, 9.17) is 15.7 Å². The van der Waals surface area contributed by atoms with E-state index in [2.05, 4.69) is 25.4 Å². The second-order valence-electron chi connectivity index (χ2n) is 4.01. The zero-order valence-electron chi connectivity index (χ0n) is 9.66. The molecule has 0 aliphatic heterocycles. The first-order chi connectivity index (χ1) is 8.60. The minimum absolute atomic E-state index is 0.0560. The molecule has 1 aromatic heterocycles. The summed E-state index contributed by atoms with van der Waals surface area (Å²) in [6, 6.07) is 0.111. The Morgan fingerprint density at radius 2 is 2.33 bits per heavy atom. The molecule has 0 atom stereocenters. The lowest BCUT2D eigenvalue weighted by Gasteiger charge is -2.34. The summed E-state index contributed by atoms with van der Waals surface area (Å²) in [6.07, 6.45) is 1.24. The van der Waals surface area contributed by atoms with Crippen molar-refractivity contribution >= 4 is 11.7 Å². The lowest BCUT2D eigenvalue weighted by Crippen LogP contribution is -2.48. The smallest absolute Gasteiger partial charge is 0.287 e. The lowest BCUT2D eigenvalue weighted by atomic mass is 9.89. The molecule has 9 nitrogen and oxygen atoms in total. The maximum atomic E-state index is 10.8. The minimum Gasteiger partial charge on any atom is -0.470 e. The Kier molecular flexibility index (Phi) is 3.31. The fourth-order valence-electron chi connectivity index (χ4n) is 1.69. The predicted octanol–water partition coefficient (Wildman–Crippen LogP) is -0.790. The molecule has 1 aromatic rings. The number of oxime groups is 1. The fraction of sp³-hybridized carbons (Fsp3) is 0.556. The molecule has 0 saturated heterocycles. The van der Waals surface area contributed by atoms with Crippen LogP contribution in [0.2, 0.25) is 0 Å². The molecule has 0 bridgehead atoms. The van der Waals surface area contributed by atoms with Crippen molar-refractivity contribution < 1.29 is 19.4 Å². The standard InChI is InChI=1S/C9H13N5O4/c1-4(15)11-5-2-6(3-5)17-9-7(8(10)12-16)13-18-14-9/h5-6,16H,2-3H2,1H3,(H2,10,12)(H,11,15)/t5-,6-. The Morgan fingerprint density at radius 3 is 2.94 bits per heavy atom. The number of hydrogen-bond donors (Lipinski definition) is 3. The van der Waals surface area contributed by atoms with E-state index in [0.717, 1.165) is 0 Å². The zero-order chi connectivity index (χ0) is 13.1. The van der Waals surface area contributed by atoms with Gasteiger partial charge in [-0.05, 0) is 10.3 Å². The van der Waals surface area contributed by atoms with Crippen LogP contribution < -0.4 is 15.8 Å². The Morgan fingerprint density at radius 1 is 1.61 bits per heavy atom. The number of aromatic nitrogens is 2. The van der Waals surface area contributed by atoms with E-state index in [1.165, 1.54) is 6.92 Å². The van der Waals surface area contributed by atoms with Gasteiger partial charge in [0.15, 0.2) is 5.84 Å². The summed E-state index contributed by atoms with van der Waals surface area (Å²) in [6.45, 7) is 1.46. The number of carbonyl (C=O) groups excluding carboxylic acids is 1. The van der Waals surface area contributed by atoms with Gasteiger partial charge >= 0.3 is 0 Å². The molecule has 0 aromatic carbocycles. The highest BCUT2D eigenvalue weighted by atomic mass is 16.6. The van der Waals surface area contributed by atoms with Crippen molar-refractivity contribution in [3.63, 3.8) is 0 Å². The summed E-state index contributed by atoms with van der Waals surface area (Å²) in [5, 5.41) is 21.1. The summed E-state index contributed by atoms with van der Waals surface area (Å²) in [5.41, 5.74) is 5.42. The molecular formula is C9H13N5O4. The van der Waals surface area contributed by atoms with Crippen LogP contribution in [0, 0.1) is 0 Å². The SMILES string of the molecule is CC(=O)N[C@H]1C[C@H](Oc2nonc2/C(N)=N/O)C1. The van der Waals surface area contributed by atoms with Crippen molar-refractivity contribution in [2.24, 2.45) is 10.9 Å². The van der Waals surface area contributed by atoms with Gasteiger partial charge < -0.3 is 21.0 Å². The highest BCUT2D eigenvalue weighted by Gasteiger charge is 2.33. The van der Waals surface area contributed by atoms with Crippen LogP contribution in [0.4, 0.5) is 0 Å². The monoisotopic (exact) mass is 255 g/mol. The van der Waals surface area contributed by atoms with Gasteiger partial charge in [0.05, 0.1) is 0 Å². The highest BCUT2D eigenvalue weighted by Crippen LogP contribution is 2.26. The second kappa shape index (κ2) is 4.90. The molecule has 1 heterocycles. The molecule has 1 saturated carbocycles. The summed E-state index contributed by atoms with van der Waals surface area (Å²) in [7, 11) is 0. The van der Waals surface area contributed by atoms with Crippen molar-refractivity contribution in [2.45, 2.75) is 31.9 Å². The highest BCUT2D eigenvalue weighted by molar-refractivity contribution is 5.96. The number of nitrogens with zero attached hydrogens (tertiary/aromatic N) is 3. The van der Waals surface area contributed by atoms with E-state index < -0.39 is 0 Å². The predicted molar refractivity (Wildman–Crippen MR) is 58.1 cm³/mol. The molecule has 98 valence electrons. The third kappa shape index (κ3) is 2.50. The molecule has 9 heteroatoms. The zero-order valence-corrected chi connectivity index (χ0v) is 9.66. The second-order valence-corrected chi connectivity index (χ2v) is 4.01. The Hall–Kier alpha value is -2.32. The van der Waals surface area contributed by atoms with Gasteiger partial charge in [0.25, 0.3) is 5.88 Å². The molecule has 18 heavy (non-hydrogen) atoms. The third-order valence-electron chi connectivity index (χ3n) is 2.59. The first-order valence-corrected chi connectivity index (χ1v) is 5.34. The van der Waals surface area contributed by atoms with Gasteiger partial charge in [0, 0.05) is 25.8 Å². The molecular weight excluding hydrogens is 242 g/mol. The van der Waals surface area contributed by atoms with E-state index in [9.17, 15) is 4.79 Å². The van der Waals surface area contributed by atoms with Crippen LogP contribution in [-0.2, 0) is 4.79 Å². The van der Waals surface area contributed by atoms with Gasteiger partial charge in [-0.3, -0.25) is 4.79 Å². The van der Waals surface area contributed by atoms with E-state index in [0.29, 0.717) is 12.8 Å². The van der Waals surface area contributed by atoms with E-state index >= 15 is 0 Å². The lowest BCUT2D eigenvalue weighted by molar-refractivity contribution is -0.120. The van der Waals surface area contributed by atoms with Gasteiger partial charge in [-0.25, -0.2) is 4.63 Å². The fourth-order valence-corrected chi connectivity index (χ4v) is 1.69. The van der Waals surface area contributed by atoms with Crippen LogP contribution >= 0.6 is 0 Å². The van der Waals surface area contributed by atoms with Gasteiger partial charge in [0.2, 0.25) is 11.6 Å². The Balaban J connectivity index is 1.89. The Labute approximate surface area is 102 Å². The molecule has 0 radical (unpaired) electrons. The summed E-state index contributed by atoms with van der Waals surface area (Å²) in [4.78, 5) is 10.8. The number of nitrogens with one attached hydrogen (secondary N) is 1. The maximum Gasteiger partial charge on any atom is 0.287 e. The van der Waals surface area contributed by atoms with Gasteiger partial charge in [-0.15, -0.1) is 0 Å². The number of rotatable bonds is 4. The first kappa shape index (κ1) is 12.1. The Bertz CT molecular complexity index is 465. The van der Waals surface area contributed by atoms with Gasteiger partial charge in [-0.1, -0.05) is 5.16 Å². The van der Waals surface area contributed by atoms with Crippen molar-refractivity contribution in [2.75, 3.05) is 0 Å². The average molecular weight is 255 g/mol. The molecule has 1 amide bonds. The maximum absolute atomic E-state index is 10.8. The summed E-state index contributed by atoms with van der Waals surface area (Å²) >= 11 is 0. The van der Waals surface area contributed by atoms with Crippen LogP contribution in [0.1, 0.15) is 25.5 Å². The topological polar surface area (TPSA) is 136 Å². The van der Waals surface area contributed by atoms with Gasteiger partial charge in [-0.2, -0.15) is 0 Å². The van der Waals surface area contributed by atoms with Crippen molar-refractivity contribution in [1.82, 2.24) is 15.6 Å². The molecule has 2 rings (SSSR count). The number of amides is 1. The number of hydrogen-bond acceptors (Lipinski definition) is 7. The number of ether oxygens (including phenoxy) is 1. The van der Waals surface area contributed by atoms with Crippen LogP contribution in [0.5, 0.6) is 5.88 Å². The molecule has 4 N–H and O–H groups in total. The number of amidine groups is 1. The summed E-state index contributed by atoms with van der Waals surface area (Å²) in [5.74, 6) is -0.223. The summed E-state index contributed by atoms with van der Waals surface area (Å²) < 4.78 is 9.93. The van der Waals surface area contributed by atoms with Crippen molar-refractivity contribution in [1.29, 1.82) is 0 Å².